The van der Waals surface area contributed by atoms with Crippen molar-refractivity contribution in [2.45, 2.75) is 24.8 Å². The lowest BCUT2D eigenvalue weighted by Gasteiger charge is -2.38. The Bertz CT molecular complexity index is 446. The van der Waals surface area contributed by atoms with Crippen LogP contribution in [0, 0.1) is 15.9 Å². The summed E-state index contributed by atoms with van der Waals surface area (Å²) < 4.78 is 13.0. The van der Waals surface area contributed by atoms with E-state index in [4.69, 9.17) is 5.73 Å². The highest BCUT2D eigenvalue weighted by Crippen LogP contribution is 2.31. The summed E-state index contributed by atoms with van der Waals surface area (Å²) in [5.74, 6) is -0.502. The molecule has 0 radical (unpaired) electrons. The molecule has 0 aromatic heterocycles. The number of rotatable bonds is 4. The zero-order chi connectivity index (χ0) is 12.5. The molecule has 0 heterocycles. The number of halogens is 1. The van der Waals surface area contributed by atoms with Gasteiger partial charge in [0.15, 0.2) is 0 Å². The Balaban J connectivity index is 2.13. The van der Waals surface area contributed by atoms with Crippen LogP contribution >= 0.6 is 0 Å². The molecule has 1 fully saturated rings. The predicted octanol–water partition coefficient (Wildman–Crippen LogP) is 2.03. The molecule has 17 heavy (non-hydrogen) atoms. The number of hydrogen-bond donors (Lipinski definition) is 2. The van der Waals surface area contributed by atoms with Crippen LogP contribution in [-0.4, -0.2) is 17.0 Å². The fraction of sp³-hybridized carbons (Fsp3) is 0.455. The van der Waals surface area contributed by atoms with Crippen molar-refractivity contribution in [2.24, 2.45) is 5.73 Å². The van der Waals surface area contributed by atoms with Crippen LogP contribution in [0.5, 0.6) is 0 Å². The maximum Gasteiger partial charge on any atom is 0.292 e. The second-order valence-corrected chi connectivity index (χ2v) is 4.49. The number of nitrogens with two attached hydrogens (primary N) is 1. The number of benzene rings is 1. The lowest BCUT2D eigenvalue weighted by molar-refractivity contribution is -0.384. The van der Waals surface area contributed by atoms with Crippen molar-refractivity contribution in [3.05, 3.63) is 34.1 Å². The van der Waals surface area contributed by atoms with Gasteiger partial charge in [-0.05, 0) is 25.3 Å². The fourth-order valence-corrected chi connectivity index (χ4v) is 1.89. The van der Waals surface area contributed by atoms with Crippen LogP contribution < -0.4 is 11.1 Å². The SMILES string of the molecule is NC1(CNc2cc(F)ccc2[N+](=O)[O-])CCC1. The summed E-state index contributed by atoms with van der Waals surface area (Å²) in [6.45, 7) is 0.428. The molecule has 1 aromatic rings. The predicted molar refractivity (Wildman–Crippen MR) is 62.3 cm³/mol. The van der Waals surface area contributed by atoms with E-state index in [-0.39, 0.29) is 16.9 Å². The highest BCUT2D eigenvalue weighted by molar-refractivity contribution is 5.61. The highest BCUT2D eigenvalue weighted by atomic mass is 19.1. The van der Waals surface area contributed by atoms with Crippen LogP contribution in [0.3, 0.4) is 0 Å². The van der Waals surface area contributed by atoms with Gasteiger partial charge in [-0.25, -0.2) is 4.39 Å². The van der Waals surface area contributed by atoms with Gasteiger partial charge in [-0.3, -0.25) is 10.1 Å². The van der Waals surface area contributed by atoms with E-state index in [1.54, 1.807) is 0 Å². The molecule has 6 heteroatoms. The monoisotopic (exact) mass is 239 g/mol. The topological polar surface area (TPSA) is 81.2 Å². The van der Waals surface area contributed by atoms with Gasteiger partial charge < -0.3 is 11.1 Å². The summed E-state index contributed by atoms with van der Waals surface area (Å²) in [5.41, 5.74) is 5.74. The molecule has 0 saturated heterocycles. The minimum absolute atomic E-state index is 0.130. The van der Waals surface area contributed by atoms with Crippen LogP contribution in [0.15, 0.2) is 18.2 Å². The highest BCUT2D eigenvalue weighted by Gasteiger charge is 2.32. The summed E-state index contributed by atoms with van der Waals surface area (Å²) in [4.78, 5) is 10.2. The molecule has 1 saturated carbocycles. The average Bonchev–Trinajstić information content (AvgIpc) is 2.23. The molecule has 92 valence electrons. The van der Waals surface area contributed by atoms with Crippen molar-refractivity contribution in [1.82, 2.24) is 0 Å². The number of nitro groups is 1. The maximum atomic E-state index is 13.0. The number of anilines is 1. The Kier molecular flexibility index (Phi) is 2.97. The van der Waals surface area contributed by atoms with E-state index >= 15 is 0 Å². The molecule has 0 spiro atoms. The maximum absolute atomic E-state index is 13.0. The zero-order valence-electron chi connectivity index (χ0n) is 9.28. The molecule has 0 atom stereocenters. The fourth-order valence-electron chi connectivity index (χ4n) is 1.89. The van der Waals surface area contributed by atoms with E-state index in [0.29, 0.717) is 6.54 Å². The van der Waals surface area contributed by atoms with Crippen molar-refractivity contribution in [3.63, 3.8) is 0 Å². The third kappa shape index (κ3) is 2.52. The lowest BCUT2D eigenvalue weighted by atomic mass is 9.78. The van der Waals surface area contributed by atoms with Crippen molar-refractivity contribution < 1.29 is 9.31 Å². The van der Waals surface area contributed by atoms with Gasteiger partial charge in [-0.15, -0.1) is 0 Å². The normalized spacial score (nSPS) is 17.3. The van der Waals surface area contributed by atoms with Crippen molar-refractivity contribution in [2.75, 3.05) is 11.9 Å². The first kappa shape index (κ1) is 11.8. The molecule has 5 nitrogen and oxygen atoms in total. The number of hydrogen-bond acceptors (Lipinski definition) is 4. The molecule has 0 amide bonds. The second kappa shape index (κ2) is 4.29. The first-order chi connectivity index (χ1) is 8.00. The quantitative estimate of drug-likeness (QED) is 0.622. The third-order valence-corrected chi connectivity index (χ3v) is 3.14. The first-order valence-electron chi connectivity index (χ1n) is 5.47. The average molecular weight is 239 g/mol. The van der Waals surface area contributed by atoms with Crippen LogP contribution in [0.25, 0.3) is 0 Å². The van der Waals surface area contributed by atoms with Gasteiger partial charge in [0.1, 0.15) is 11.5 Å². The second-order valence-electron chi connectivity index (χ2n) is 4.49. The Morgan fingerprint density at radius 1 is 1.53 bits per heavy atom. The van der Waals surface area contributed by atoms with Crippen molar-refractivity contribution >= 4 is 11.4 Å². The van der Waals surface area contributed by atoms with Crippen LogP contribution in [0.4, 0.5) is 15.8 Å². The molecule has 3 N–H and O–H groups in total. The minimum atomic E-state index is -0.536. The summed E-state index contributed by atoms with van der Waals surface area (Å²) in [7, 11) is 0. The Hall–Kier alpha value is -1.69. The molecule has 0 unspecified atom stereocenters. The molecule has 1 aliphatic rings. The van der Waals surface area contributed by atoms with E-state index in [1.807, 2.05) is 0 Å². The van der Waals surface area contributed by atoms with Gasteiger partial charge in [0, 0.05) is 24.2 Å². The molecule has 2 rings (SSSR count). The molecule has 0 aliphatic heterocycles. The van der Waals surface area contributed by atoms with E-state index < -0.39 is 10.7 Å². The standard InChI is InChI=1S/C11H14FN3O2/c12-8-2-3-10(15(16)17)9(6-8)14-7-11(13)4-1-5-11/h2-3,6,14H,1,4-5,7,13H2. The summed E-state index contributed by atoms with van der Waals surface area (Å²) in [6.07, 6.45) is 2.86. The minimum Gasteiger partial charge on any atom is -0.378 e. The lowest BCUT2D eigenvalue weighted by Crippen LogP contribution is -2.52. The van der Waals surface area contributed by atoms with Crippen LogP contribution in [0.2, 0.25) is 0 Å². The van der Waals surface area contributed by atoms with Gasteiger partial charge in [-0.2, -0.15) is 0 Å². The van der Waals surface area contributed by atoms with Gasteiger partial charge in [0.25, 0.3) is 5.69 Å². The molecule has 1 aromatic carbocycles. The Labute approximate surface area is 98.0 Å². The van der Waals surface area contributed by atoms with Gasteiger partial charge in [-0.1, -0.05) is 0 Å². The molecule has 0 bridgehead atoms. The smallest absolute Gasteiger partial charge is 0.292 e. The Morgan fingerprint density at radius 3 is 2.76 bits per heavy atom. The largest absolute Gasteiger partial charge is 0.378 e. The van der Waals surface area contributed by atoms with E-state index in [2.05, 4.69) is 5.32 Å². The molecular formula is C11H14FN3O2. The van der Waals surface area contributed by atoms with E-state index in [1.165, 1.54) is 0 Å². The number of nitrogens with one attached hydrogen (secondary N) is 1. The molecule has 1 aliphatic carbocycles. The van der Waals surface area contributed by atoms with Crippen molar-refractivity contribution in [1.29, 1.82) is 0 Å². The summed E-state index contributed by atoms with van der Waals surface area (Å²) in [5, 5.41) is 13.6. The van der Waals surface area contributed by atoms with Gasteiger partial charge >= 0.3 is 0 Å². The van der Waals surface area contributed by atoms with E-state index in [9.17, 15) is 14.5 Å². The molecular weight excluding hydrogens is 225 g/mol. The first-order valence-corrected chi connectivity index (χ1v) is 5.47. The number of nitro benzene ring substituents is 1. The summed E-state index contributed by atoms with van der Waals surface area (Å²) >= 11 is 0. The van der Waals surface area contributed by atoms with Gasteiger partial charge in [0.05, 0.1) is 4.92 Å². The van der Waals surface area contributed by atoms with Crippen LogP contribution in [-0.2, 0) is 0 Å². The Morgan fingerprint density at radius 2 is 2.24 bits per heavy atom. The number of nitrogens with zero attached hydrogens (tertiary/aromatic N) is 1. The summed E-state index contributed by atoms with van der Waals surface area (Å²) in [6, 6.07) is 3.35. The van der Waals surface area contributed by atoms with E-state index in [0.717, 1.165) is 37.5 Å². The van der Waals surface area contributed by atoms with Crippen molar-refractivity contribution in [3.8, 4) is 0 Å². The van der Waals surface area contributed by atoms with Gasteiger partial charge in [0.2, 0.25) is 0 Å². The third-order valence-electron chi connectivity index (χ3n) is 3.14. The van der Waals surface area contributed by atoms with Crippen LogP contribution in [0.1, 0.15) is 19.3 Å². The zero-order valence-corrected chi connectivity index (χ0v) is 9.28.